The average molecular weight is 624 g/mol. The van der Waals surface area contributed by atoms with E-state index in [2.05, 4.69) is 92.1 Å². The summed E-state index contributed by atoms with van der Waals surface area (Å²) in [5.41, 5.74) is 0. The summed E-state index contributed by atoms with van der Waals surface area (Å²) >= 11 is 0. The fraction of sp³-hybridized carbons (Fsp3) is 0.714. The van der Waals surface area contributed by atoms with Crippen molar-refractivity contribution in [1.29, 1.82) is 0 Å². The normalized spacial score (nSPS) is 17.3. The van der Waals surface area contributed by atoms with Crippen LogP contribution in [0.2, 0.25) is 0 Å². The fourth-order valence-electron chi connectivity index (χ4n) is 5.70. The Hall–Kier alpha value is -1.68. The average Bonchev–Trinajstić information content (AvgIpc) is 3.46. The van der Waals surface area contributed by atoms with E-state index >= 15 is 0 Å². The van der Waals surface area contributed by atoms with Gasteiger partial charge in [-0.3, -0.25) is 0 Å². The predicted molar refractivity (Wildman–Crippen MR) is 200 cm³/mol. The second-order valence-corrected chi connectivity index (χ2v) is 12.8. The highest BCUT2D eigenvalue weighted by atomic mass is 16.7. The van der Waals surface area contributed by atoms with Gasteiger partial charge in [0.2, 0.25) is 0 Å². The van der Waals surface area contributed by atoms with Gasteiger partial charge in [0.15, 0.2) is 5.79 Å². The highest BCUT2D eigenvalue weighted by Gasteiger charge is 2.40. The van der Waals surface area contributed by atoms with Gasteiger partial charge >= 0.3 is 0 Å². The molecule has 1 atom stereocenters. The van der Waals surface area contributed by atoms with E-state index in [1.165, 1.54) is 103 Å². The number of rotatable bonds is 31. The summed E-state index contributed by atoms with van der Waals surface area (Å²) in [6, 6.07) is 0. The number of ether oxygens (including phenoxy) is 2. The van der Waals surface area contributed by atoms with E-state index in [-0.39, 0.29) is 11.9 Å². The first-order valence-electron chi connectivity index (χ1n) is 19.1. The lowest BCUT2D eigenvalue weighted by Gasteiger charge is -2.28. The van der Waals surface area contributed by atoms with E-state index in [1.54, 1.807) is 0 Å². The molecule has 0 bridgehead atoms. The minimum atomic E-state index is -0.353. The van der Waals surface area contributed by atoms with Crippen LogP contribution in [-0.2, 0) is 9.47 Å². The minimum Gasteiger partial charge on any atom is -0.347 e. The quantitative estimate of drug-likeness (QED) is 0.0615. The van der Waals surface area contributed by atoms with Crippen LogP contribution in [-0.4, -0.2) is 32.1 Å². The van der Waals surface area contributed by atoms with Crippen LogP contribution < -0.4 is 5.32 Å². The molecule has 0 aromatic heterocycles. The van der Waals surface area contributed by atoms with Gasteiger partial charge in [0.05, 0.1) is 12.7 Å². The Morgan fingerprint density at radius 2 is 0.933 bits per heavy atom. The van der Waals surface area contributed by atoms with Crippen molar-refractivity contribution in [3.63, 3.8) is 0 Å². The monoisotopic (exact) mass is 624 g/mol. The molecule has 45 heavy (non-hydrogen) atoms. The Kier molecular flexibility index (Phi) is 29.6. The van der Waals surface area contributed by atoms with Gasteiger partial charge in [0, 0.05) is 12.8 Å². The van der Waals surface area contributed by atoms with Gasteiger partial charge in [-0.15, -0.1) is 0 Å². The topological polar surface area (TPSA) is 30.5 Å². The van der Waals surface area contributed by atoms with Crippen LogP contribution in [0.4, 0.5) is 0 Å². The summed E-state index contributed by atoms with van der Waals surface area (Å²) in [6.07, 6.45) is 55.4. The van der Waals surface area contributed by atoms with Crippen LogP contribution in [0.3, 0.4) is 0 Å². The summed E-state index contributed by atoms with van der Waals surface area (Å²) in [5.74, 6) is -0.353. The zero-order chi connectivity index (χ0) is 32.4. The number of unbranched alkanes of at least 4 members (excludes halogenated alkanes) is 12. The van der Waals surface area contributed by atoms with Crippen molar-refractivity contribution in [2.45, 2.75) is 173 Å². The first-order chi connectivity index (χ1) is 22.3. The molecule has 0 aliphatic carbocycles. The van der Waals surface area contributed by atoms with E-state index < -0.39 is 0 Å². The third kappa shape index (κ3) is 26.1. The molecule has 1 aliphatic rings. The minimum absolute atomic E-state index is 0.234. The van der Waals surface area contributed by atoms with Crippen LogP contribution in [0.5, 0.6) is 0 Å². The molecule has 0 aromatic rings. The van der Waals surface area contributed by atoms with E-state index in [0.717, 1.165) is 58.1 Å². The molecule has 0 amide bonds. The zero-order valence-corrected chi connectivity index (χ0v) is 30.0. The van der Waals surface area contributed by atoms with Crippen LogP contribution in [0.15, 0.2) is 72.9 Å². The number of nitrogens with one attached hydrogen (secondary N) is 1. The second kappa shape index (κ2) is 32.3. The molecule has 0 aromatic carbocycles. The van der Waals surface area contributed by atoms with Gasteiger partial charge in [-0.05, 0) is 110 Å². The lowest BCUT2D eigenvalue weighted by Crippen LogP contribution is -2.31. The highest BCUT2D eigenvalue weighted by molar-refractivity contribution is 4.98. The first-order valence-corrected chi connectivity index (χ1v) is 19.1. The Bertz CT molecular complexity index is 752. The maximum Gasteiger partial charge on any atom is 0.168 e. The molecule has 1 rings (SSSR count). The molecule has 0 spiro atoms. The lowest BCUT2D eigenvalue weighted by molar-refractivity contribution is -0.179. The van der Waals surface area contributed by atoms with Crippen LogP contribution >= 0.6 is 0 Å². The summed E-state index contributed by atoms with van der Waals surface area (Å²) < 4.78 is 13.0. The van der Waals surface area contributed by atoms with Crippen molar-refractivity contribution in [2.75, 3.05) is 20.2 Å². The van der Waals surface area contributed by atoms with Crippen LogP contribution in [0.25, 0.3) is 0 Å². The van der Waals surface area contributed by atoms with Gasteiger partial charge in [-0.25, -0.2) is 0 Å². The third-order valence-electron chi connectivity index (χ3n) is 8.52. The largest absolute Gasteiger partial charge is 0.347 e. The molecule has 1 unspecified atom stereocenters. The van der Waals surface area contributed by atoms with Crippen molar-refractivity contribution < 1.29 is 9.47 Å². The standard InChI is InChI=1S/C42H73NO2/c1-4-6-8-10-12-14-16-18-20-22-24-26-28-30-32-34-37-42(44-40-41(45-42)36-39-43-3)38-35-33-31-29-27-25-23-21-19-17-15-13-11-9-7-5-2/h12-15,18-21,24-27,41,43H,4-11,16-17,22-23,28-40H2,1-3H3/b14-12-,15-13-,20-18-,21-19-,26-24-,27-25-. The maximum absolute atomic E-state index is 6.58. The molecule has 0 saturated carbocycles. The van der Waals surface area contributed by atoms with Crippen molar-refractivity contribution in [3.05, 3.63) is 72.9 Å². The molecular weight excluding hydrogens is 550 g/mol. The SMILES string of the molecule is CCCCC/C=C\C/C=C\C/C=C\CCCCCC1(CCCCC/C=C\C/C=C\C/C=C\CCCCC)OCC(CCNC)O1. The van der Waals surface area contributed by atoms with Crippen molar-refractivity contribution in [2.24, 2.45) is 0 Å². The van der Waals surface area contributed by atoms with E-state index in [4.69, 9.17) is 9.47 Å². The Balaban J connectivity index is 2.20. The second-order valence-electron chi connectivity index (χ2n) is 12.8. The molecule has 1 fully saturated rings. The maximum atomic E-state index is 6.58. The van der Waals surface area contributed by atoms with Crippen molar-refractivity contribution >= 4 is 0 Å². The molecule has 0 radical (unpaired) electrons. The first kappa shape index (κ1) is 41.3. The van der Waals surface area contributed by atoms with Crippen molar-refractivity contribution in [3.8, 4) is 0 Å². The molecule has 3 nitrogen and oxygen atoms in total. The molecule has 1 N–H and O–H groups in total. The molecule has 1 heterocycles. The molecule has 258 valence electrons. The summed E-state index contributed by atoms with van der Waals surface area (Å²) in [5, 5.41) is 3.26. The van der Waals surface area contributed by atoms with E-state index in [0.29, 0.717) is 0 Å². The van der Waals surface area contributed by atoms with Gasteiger partial charge in [-0.2, -0.15) is 0 Å². The molecule has 1 aliphatic heterocycles. The van der Waals surface area contributed by atoms with Crippen molar-refractivity contribution in [1.82, 2.24) is 5.32 Å². The summed E-state index contributed by atoms with van der Waals surface area (Å²) in [6.45, 7) is 6.25. The summed E-state index contributed by atoms with van der Waals surface area (Å²) in [7, 11) is 2.01. The Labute approximate surface area is 280 Å². The lowest BCUT2D eigenvalue weighted by atomic mass is 9.99. The van der Waals surface area contributed by atoms with Gasteiger partial charge in [-0.1, -0.05) is 125 Å². The van der Waals surface area contributed by atoms with Crippen LogP contribution in [0.1, 0.15) is 162 Å². The molecule has 3 heteroatoms. The Morgan fingerprint density at radius 1 is 0.533 bits per heavy atom. The fourth-order valence-corrected chi connectivity index (χ4v) is 5.70. The number of allylic oxidation sites excluding steroid dienone is 12. The van der Waals surface area contributed by atoms with E-state index in [1.807, 2.05) is 7.05 Å². The molecular formula is C42H73NO2. The number of hydrogen-bond acceptors (Lipinski definition) is 3. The Morgan fingerprint density at radius 3 is 1.33 bits per heavy atom. The zero-order valence-electron chi connectivity index (χ0n) is 30.0. The van der Waals surface area contributed by atoms with Gasteiger partial charge in [0.1, 0.15) is 0 Å². The van der Waals surface area contributed by atoms with Gasteiger partial charge < -0.3 is 14.8 Å². The smallest absolute Gasteiger partial charge is 0.168 e. The molecule has 1 saturated heterocycles. The summed E-state index contributed by atoms with van der Waals surface area (Å²) in [4.78, 5) is 0. The number of hydrogen-bond donors (Lipinski definition) is 1. The van der Waals surface area contributed by atoms with E-state index in [9.17, 15) is 0 Å². The van der Waals surface area contributed by atoms with Crippen LogP contribution in [0, 0.1) is 0 Å². The highest BCUT2D eigenvalue weighted by Crippen LogP contribution is 2.35. The predicted octanol–water partition coefficient (Wildman–Crippen LogP) is 12.7. The van der Waals surface area contributed by atoms with Gasteiger partial charge in [0.25, 0.3) is 0 Å². The third-order valence-corrected chi connectivity index (χ3v) is 8.52.